The van der Waals surface area contributed by atoms with Gasteiger partial charge in [-0.05, 0) is 39.7 Å². The molecule has 2 aliphatic heterocycles. The first-order chi connectivity index (χ1) is 11.3. The number of likely N-dealkylation sites (tertiary alicyclic amines) is 1. The van der Waals surface area contributed by atoms with Crippen LogP contribution in [0.25, 0.3) is 5.70 Å². The number of aromatic nitrogens is 1. The van der Waals surface area contributed by atoms with E-state index < -0.39 is 5.60 Å². The largest absolute Gasteiger partial charge is 0.444 e. The van der Waals surface area contributed by atoms with Crippen LogP contribution in [0.2, 0.25) is 0 Å². The van der Waals surface area contributed by atoms with Crippen molar-refractivity contribution in [2.45, 2.75) is 39.2 Å². The number of nitrogens with two attached hydrogens (primary N) is 1. The van der Waals surface area contributed by atoms with Gasteiger partial charge in [0, 0.05) is 36.5 Å². The monoisotopic (exact) mass is 331 g/mol. The fourth-order valence-corrected chi connectivity index (χ4v) is 3.05. The van der Waals surface area contributed by atoms with Crippen LogP contribution in [0.5, 0.6) is 0 Å². The Hall–Kier alpha value is -2.44. The van der Waals surface area contributed by atoms with Gasteiger partial charge in [0.05, 0.1) is 12.0 Å². The molecule has 0 saturated carbocycles. The Kier molecular flexibility index (Phi) is 4.26. The van der Waals surface area contributed by atoms with Crippen molar-refractivity contribution in [1.82, 2.24) is 15.2 Å². The van der Waals surface area contributed by atoms with Crippen molar-refractivity contribution in [1.29, 1.82) is 0 Å². The number of hydrogen-bond donors (Lipinski definition) is 3. The summed E-state index contributed by atoms with van der Waals surface area (Å²) in [6.07, 6.45) is 4.91. The number of fused-ring (bicyclic) bond motifs is 1. The Bertz CT molecular complexity index is 675. The highest BCUT2D eigenvalue weighted by Crippen LogP contribution is 2.32. The van der Waals surface area contributed by atoms with Crippen LogP contribution in [-0.2, 0) is 4.74 Å². The van der Waals surface area contributed by atoms with E-state index in [2.05, 4.69) is 15.3 Å². The fourth-order valence-electron chi connectivity index (χ4n) is 3.05. The average molecular weight is 331 g/mol. The molecule has 130 valence electrons. The van der Waals surface area contributed by atoms with Gasteiger partial charge >= 0.3 is 6.09 Å². The van der Waals surface area contributed by atoms with Crippen LogP contribution in [0.3, 0.4) is 0 Å². The van der Waals surface area contributed by atoms with Crippen LogP contribution in [0.15, 0.2) is 23.0 Å². The minimum atomic E-state index is -0.467. The van der Waals surface area contributed by atoms with Gasteiger partial charge in [0.1, 0.15) is 11.4 Å². The Morgan fingerprint density at radius 2 is 2.08 bits per heavy atom. The number of aromatic amines is 1. The molecule has 7 nitrogen and oxygen atoms in total. The molecule has 0 bridgehead atoms. The van der Waals surface area contributed by atoms with Crippen molar-refractivity contribution in [3.8, 4) is 0 Å². The van der Waals surface area contributed by atoms with Crippen LogP contribution >= 0.6 is 0 Å². The van der Waals surface area contributed by atoms with Gasteiger partial charge in [-0.15, -0.1) is 0 Å². The predicted octanol–water partition coefficient (Wildman–Crippen LogP) is 2.55. The van der Waals surface area contributed by atoms with Crippen molar-refractivity contribution in [2.24, 2.45) is 16.6 Å². The molecule has 1 aromatic heterocycles. The second-order valence-electron chi connectivity index (χ2n) is 7.21. The summed E-state index contributed by atoms with van der Waals surface area (Å²) in [4.78, 5) is 21.2. The number of nitrogens with one attached hydrogen (secondary N) is 2. The highest BCUT2D eigenvalue weighted by molar-refractivity contribution is 5.87. The van der Waals surface area contributed by atoms with E-state index in [-0.39, 0.29) is 12.0 Å². The quantitative estimate of drug-likeness (QED) is 0.737. The number of nitrogens with zero attached hydrogens (tertiary/aromatic N) is 2. The highest BCUT2D eigenvalue weighted by atomic mass is 16.6. The van der Waals surface area contributed by atoms with Gasteiger partial charge in [0.2, 0.25) is 0 Å². The number of carbonyl (C=O) groups excluding carboxylic acids is 1. The normalized spacial score (nSPS) is 20.4. The molecule has 0 aromatic carbocycles. The highest BCUT2D eigenvalue weighted by Gasteiger charge is 2.29. The Morgan fingerprint density at radius 3 is 2.75 bits per heavy atom. The topological polar surface area (TPSA) is 95.7 Å². The van der Waals surface area contributed by atoms with Crippen molar-refractivity contribution >= 4 is 23.9 Å². The summed E-state index contributed by atoms with van der Waals surface area (Å²) in [5, 5.41) is 3.16. The number of allylic oxidation sites excluding steroid dienone is 1. The van der Waals surface area contributed by atoms with Gasteiger partial charge in [-0.2, -0.15) is 0 Å². The van der Waals surface area contributed by atoms with Crippen molar-refractivity contribution in [3.63, 3.8) is 0 Å². The SMILES string of the molecule is CC(C)(C)OC(=O)N1CCC(/C(N)=C2/NC=Nc3[nH]ccc32)CC1. The molecule has 0 unspecified atom stereocenters. The molecule has 1 saturated heterocycles. The van der Waals surface area contributed by atoms with Gasteiger partial charge in [0.15, 0.2) is 0 Å². The number of aliphatic imine (C=N–C) groups is 1. The minimum Gasteiger partial charge on any atom is -0.444 e. The van der Waals surface area contributed by atoms with E-state index in [0.717, 1.165) is 35.6 Å². The molecule has 3 heterocycles. The predicted molar refractivity (Wildman–Crippen MR) is 93.7 cm³/mol. The van der Waals surface area contributed by atoms with Crippen LogP contribution < -0.4 is 11.1 Å². The molecule has 0 aliphatic carbocycles. The first kappa shape index (κ1) is 16.4. The Morgan fingerprint density at radius 1 is 1.38 bits per heavy atom. The van der Waals surface area contributed by atoms with Gasteiger partial charge in [-0.25, -0.2) is 9.79 Å². The summed E-state index contributed by atoms with van der Waals surface area (Å²) in [7, 11) is 0. The number of carbonyl (C=O) groups is 1. The third-order valence-electron chi connectivity index (χ3n) is 4.27. The zero-order valence-corrected chi connectivity index (χ0v) is 14.4. The third kappa shape index (κ3) is 3.39. The molecule has 0 atom stereocenters. The molecule has 1 aromatic rings. The first-order valence-electron chi connectivity index (χ1n) is 8.29. The number of piperidine rings is 1. The van der Waals surface area contributed by atoms with Crippen LogP contribution in [0.4, 0.5) is 10.6 Å². The van der Waals surface area contributed by atoms with Crippen LogP contribution in [-0.4, -0.2) is 41.0 Å². The van der Waals surface area contributed by atoms with Gasteiger partial charge in [-0.3, -0.25) is 0 Å². The molecule has 3 rings (SSSR count). The maximum absolute atomic E-state index is 12.1. The fraction of sp³-hybridized carbons (Fsp3) is 0.529. The lowest BCUT2D eigenvalue weighted by atomic mass is 9.91. The number of rotatable bonds is 1. The molecular weight excluding hydrogens is 306 g/mol. The molecule has 4 N–H and O–H groups in total. The van der Waals surface area contributed by atoms with Crippen molar-refractivity contribution in [3.05, 3.63) is 23.5 Å². The summed E-state index contributed by atoms with van der Waals surface area (Å²) < 4.78 is 5.44. The minimum absolute atomic E-state index is 0.237. The number of ether oxygens (including phenoxy) is 1. The average Bonchev–Trinajstić information content (AvgIpc) is 3.01. The van der Waals surface area contributed by atoms with Crippen LogP contribution in [0.1, 0.15) is 39.2 Å². The summed E-state index contributed by atoms with van der Waals surface area (Å²) in [5.74, 6) is 1.05. The third-order valence-corrected chi connectivity index (χ3v) is 4.27. The lowest BCUT2D eigenvalue weighted by Crippen LogP contribution is -2.42. The number of amides is 1. The van der Waals surface area contributed by atoms with E-state index in [1.54, 1.807) is 11.2 Å². The van der Waals surface area contributed by atoms with Gasteiger partial charge in [0.25, 0.3) is 0 Å². The lowest BCUT2D eigenvalue weighted by molar-refractivity contribution is 0.0194. The maximum atomic E-state index is 12.1. The van der Waals surface area contributed by atoms with Gasteiger partial charge < -0.3 is 25.7 Å². The van der Waals surface area contributed by atoms with Crippen LogP contribution in [0, 0.1) is 5.92 Å². The number of H-pyrrole nitrogens is 1. The smallest absolute Gasteiger partial charge is 0.410 e. The molecular formula is C17H25N5O2. The summed E-state index contributed by atoms with van der Waals surface area (Å²) in [5.41, 5.74) is 8.69. The maximum Gasteiger partial charge on any atom is 0.410 e. The van der Waals surface area contributed by atoms with Gasteiger partial charge in [-0.1, -0.05) is 0 Å². The molecule has 24 heavy (non-hydrogen) atoms. The Balaban J connectivity index is 1.66. The van der Waals surface area contributed by atoms with E-state index in [9.17, 15) is 4.79 Å². The molecule has 0 spiro atoms. The molecule has 7 heteroatoms. The zero-order chi connectivity index (χ0) is 17.3. The summed E-state index contributed by atoms with van der Waals surface area (Å²) in [6, 6.07) is 1.97. The molecule has 1 fully saturated rings. The van der Waals surface area contributed by atoms with E-state index in [1.807, 2.05) is 33.0 Å². The Labute approximate surface area is 142 Å². The van der Waals surface area contributed by atoms with Crippen molar-refractivity contribution < 1.29 is 9.53 Å². The first-order valence-corrected chi connectivity index (χ1v) is 8.29. The molecule has 2 aliphatic rings. The second-order valence-corrected chi connectivity index (χ2v) is 7.21. The molecule has 0 radical (unpaired) electrons. The zero-order valence-electron chi connectivity index (χ0n) is 14.4. The second kappa shape index (κ2) is 6.22. The van der Waals surface area contributed by atoms with E-state index in [4.69, 9.17) is 10.5 Å². The summed E-state index contributed by atoms with van der Waals surface area (Å²) >= 11 is 0. The van der Waals surface area contributed by atoms with E-state index in [0.29, 0.717) is 13.1 Å². The van der Waals surface area contributed by atoms with E-state index in [1.165, 1.54) is 0 Å². The standard InChI is InChI=1S/C17H25N5O2/c1-17(2,3)24-16(23)22-8-5-11(6-9-22)13(18)14-12-4-7-19-15(12)21-10-20-14/h4,7,10-11,19H,5-6,8-9,18H2,1-3H3,(H,20,21)/b14-13-. The summed E-state index contributed by atoms with van der Waals surface area (Å²) in [6.45, 7) is 6.95. The lowest BCUT2D eigenvalue weighted by Gasteiger charge is -2.34. The molecule has 1 amide bonds. The van der Waals surface area contributed by atoms with Crippen molar-refractivity contribution in [2.75, 3.05) is 13.1 Å². The van der Waals surface area contributed by atoms with E-state index >= 15 is 0 Å². The number of hydrogen-bond acceptors (Lipinski definition) is 5.